The molecule has 0 bridgehead atoms. The normalized spacial score (nSPS) is 17.2. The van der Waals surface area contributed by atoms with Crippen molar-refractivity contribution in [2.24, 2.45) is 5.92 Å². The second-order valence-electron chi connectivity index (χ2n) is 5.56. The number of para-hydroxylation sites is 1. The number of anilines is 1. The summed E-state index contributed by atoms with van der Waals surface area (Å²) in [5.74, 6) is 1.24. The molecule has 1 aliphatic rings. The molecule has 0 N–H and O–H groups in total. The van der Waals surface area contributed by atoms with Crippen molar-refractivity contribution >= 4 is 28.9 Å². The Kier molecular flexibility index (Phi) is 5.37. The third kappa shape index (κ3) is 3.77. The molecule has 0 aliphatic carbocycles. The van der Waals surface area contributed by atoms with Crippen LogP contribution in [0.25, 0.3) is 0 Å². The van der Waals surface area contributed by atoms with E-state index < -0.39 is 0 Å². The molecule has 0 atom stereocenters. The highest BCUT2D eigenvalue weighted by Gasteiger charge is 2.21. The van der Waals surface area contributed by atoms with Crippen molar-refractivity contribution in [3.05, 3.63) is 28.8 Å². The Morgan fingerprint density at radius 2 is 1.84 bits per heavy atom. The fourth-order valence-corrected chi connectivity index (χ4v) is 3.22. The van der Waals surface area contributed by atoms with E-state index in [4.69, 9.17) is 23.2 Å². The highest BCUT2D eigenvalue weighted by atomic mass is 35.5. The Morgan fingerprint density at radius 3 is 2.42 bits per heavy atom. The van der Waals surface area contributed by atoms with Crippen molar-refractivity contribution in [1.29, 1.82) is 0 Å². The lowest BCUT2D eigenvalue weighted by atomic mass is 10.1. The van der Waals surface area contributed by atoms with Gasteiger partial charge in [-0.15, -0.1) is 11.6 Å². The minimum atomic E-state index is 0.516. The summed E-state index contributed by atoms with van der Waals surface area (Å²) < 4.78 is 0. The Hall–Kier alpha value is -0.440. The predicted molar refractivity (Wildman–Crippen MR) is 84.5 cm³/mol. The van der Waals surface area contributed by atoms with E-state index in [1.165, 1.54) is 6.54 Å². The van der Waals surface area contributed by atoms with E-state index in [2.05, 4.69) is 29.7 Å². The van der Waals surface area contributed by atoms with Crippen LogP contribution in [-0.2, 0) is 5.88 Å². The zero-order chi connectivity index (χ0) is 13.8. The van der Waals surface area contributed by atoms with E-state index in [1.807, 2.05) is 12.1 Å². The number of hydrogen-bond acceptors (Lipinski definition) is 2. The van der Waals surface area contributed by atoms with Crippen LogP contribution in [0.3, 0.4) is 0 Å². The van der Waals surface area contributed by atoms with Crippen LogP contribution in [0.1, 0.15) is 19.4 Å². The van der Waals surface area contributed by atoms with Gasteiger partial charge in [0.05, 0.1) is 10.7 Å². The molecule has 4 heteroatoms. The number of halogens is 2. The van der Waals surface area contributed by atoms with Crippen LogP contribution in [0.2, 0.25) is 5.02 Å². The summed E-state index contributed by atoms with van der Waals surface area (Å²) in [5.41, 5.74) is 2.26. The van der Waals surface area contributed by atoms with Crippen molar-refractivity contribution < 1.29 is 0 Å². The van der Waals surface area contributed by atoms with E-state index in [1.54, 1.807) is 0 Å². The van der Waals surface area contributed by atoms with E-state index in [9.17, 15) is 0 Å². The first-order valence-corrected chi connectivity index (χ1v) is 7.83. The SMILES string of the molecule is CC(C)CN1CCN(c2c(Cl)cccc2CCl)CC1. The summed E-state index contributed by atoms with van der Waals surface area (Å²) in [6, 6.07) is 5.99. The summed E-state index contributed by atoms with van der Waals surface area (Å²) in [6.07, 6.45) is 0. The Bertz CT molecular complexity index is 413. The summed E-state index contributed by atoms with van der Waals surface area (Å²) in [4.78, 5) is 4.90. The lowest BCUT2D eigenvalue weighted by molar-refractivity contribution is 0.231. The molecule has 0 aromatic heterocycles. The average molecular weight is 301 g/mol. The summed E-state index contributed by atoms with van der Waals surface area (Å²) in [6.45, 7) is 9.98. The largest absolute Gasteiger partial charge is 0.368 e. The van der Waals surface area contributed by atoms with Crippen LogP contribution >= 0.6 is 23.2 Å². The lowest BCUT2D eigenvalue weighted by Crippen LogP contribution is -2.47. The fourth-order valence-electron chi connectivity index (χ4n) is 2.69. The molecule has 106 valence electrons. The van der Waals surface area contributed by atoms with Crippen LogP contribution in [0.4, 0.5) is 5.69 Å². The van der Waals surface area contributed by atoms with Crippen LogP contribution in [-0.4, -0.2) is 37.6 Å². The third-order valence-electron chi connectivity index (χ3n) is 3.53. The predicted octanol–water partition coefficient (Wildman–Crippen LogP) is 3.86. The third-order valence-corrected chi connectivity index (χ3v) is 4.12. The van der Waals surface area contributed by atoms with Gasteiger partial charge in [-0.05, 0) is 17.5 Å². The number of rotatable bonds is 4. The van der Waals surface area contributed by atoms with E-state index in [0.717, 1.165) is 48.4 Å². The van der Waals surface area contributed by atoms with E-state index in [-0.39, 0.29) is 0 Å². The van der Waals surface area contributed by atoms with Gasteiger partial charge in [0.2, 0.25) is 0 Å². The number of piperazine rings is 1. The second-order valence-corrected chi connectivity index (χ2v) is 6.24. The van der Waals surface area contributed by atoms with Gasteiger partial charge in [0.15, 0.2) is 0 Å². The Morgan fingerprint density at radius 1 is 1.16 bits per heavy atom. The van der Waals surface area contributed by atoms with Gasteiger partial charge in [-0.2, -0.15) is 0 Å². The van der Waals surface area contributed by atoms with Crippen LogP contribution < -0.4 is 4.90 Å². The average Bonchev–Trinajstić information content (AvgIpc) is 2.39. The highest BCUT2D eigenvalue weighted by Crippen LogP contribution is 2.31. The summed E-state index contributed by atoms with van der Waals surface area (Å²) in [7, 11) is 0. The molecule has 1 fully saturated rings. The van der Waals surface area contributed by atoms with Gasteiger partial charge in [-0.1, -0.05) is 37.6 Å². The monoisotopic (exact) mass is 300 g/mol. The second kappa shape index (κ2) is 6.83. The number of alkyl halides is 1. The molecule has 1 heterocycles. The van der Waals surface area contributed by atoms with Crippen molar-refractivity contribution in [2.45, 2.75) is 19.7 Å². The smallest absolute Gasteiger partial charge is 0.0642 e. The lowest BCUT2D eigenvalue weighted by Gasteiger charge is -2.38. The molecule has 2 nitrogen and oxygen atoms in total. The summed E-state index contributed by atoms with van der Waals surface area (Å²) >= 11 is 12.4. The Labute approximate surface area is 126 Å². The fraction of sp³-hybridized carbons (Fsp3) is 0.600. The maximum Gasteiger partial charge on any atom is 0.0642 e. The molecular formula is C15H22Cl2N2. The standard InChI is InChI=1S/C15H22Cl2N2/c1-12(2)11-18-6-8-19(9-7-18)15-13(10-16)4-3-5-14(15)17/h3-5,12H,6-11H2,1-2H3. The molecule has 19 heavy (non-hydrogen) atoms. The van der Waals surface area contributed by atoms with E-state index >= 15 is 0 Å². The van der Waals surface area contributed by atoms with Crippen LogP contribution in [0.15, 0.2) is 18.2 Å². The van der Waals surface area contributed by atoms with Crippen LogP contribution in [0.5, 0.6) is 0 Å². The van der Waals surface area contributed by atoms with Crippen molar-refractivity contribution in [3.63, 3.8) is 0 Å². The minimum Gasteiger partial charge on any atom is -0.368 e. The molecule has 1 saturated heterocycles. The van der Waals surface area contributed by atoms with Gasteiger partial charge in [-0.3, -0.25) is 4.90 Å². The molecule has 0 spiro atoms. The maximum atomic E-state index is 6.35. The Balaban J connectivity index is 2.05. The van der Waals surface area contributed by atoms with Crippen molar-refractivity contribution in [3.8, 4) is 0 Å². The molecule has 2 rings (SSSR count). The summed E-state index contributed by atoms with van der Waals surface area (Å²) in [5, 5.41) is 0.815. The van der Waals surface area contributed by atoms with Gasteiger partial charge in [0.1, 0.15) is 0 Å². The maximum absolute atomic E-state index is 6.35. The van der Waals surface area contributed by atoms with Crippen molar-refractivity contribution in [2.75, 3.05) is 37.6 Å². The first kappa shape index (κ1) is 15.0. The minimum absolute atomic E-state index is 0.516. The molecule has 1 aromatic rings. The number of nitrogens with zero attached hydrogens (tertiary/aromatic N) is 2. The van der Waals surface area contributed by atoms with Gasteiger partial charge < -0.3 is 4.90 Å². The molecule has 0 radical (unpaired) electrons. The van der Waals surface area contributed by atoms with Gasteiger partial charge in [0, 0.05) is 38.6 Å². The highest BCUT2D eigenvalue weighted by molar-refractivity contribution is 6.33. The van der Waals surface area contributed by atoms with Gasteiger partial charge in [0.25, 0.3) is 0 Å². The molecular weight excluding hydrogens is 279 g/mol. The molecule has 1 aromatic carbocycles. The van der Waals surface area contributed by atoms with Crippen LogP contribution in [0, 0.1) is 5.92 Å². The topological polar surface area (TPSA) is 6.48 Å². The van der Waals surface area contributed by atoms with Crippen molar-refractivity contribution in [1.82, 2.24) is 4.90 Å². The number of benzene rings is 1. The quantitative estimate of drug-likeness (QED) is 0.779. The first-order chi connectivity index (χ1) is 9.11. The molecule has 0 saturated carbocycles. The number of hydrogen-bond donors (Lipinski definition) is 0. The van der Waals surface area contributed by atoms with E-state index in [0.29, 0.717) is 5.88 Å². The molecule has 0 unspecified atom stereocenters. The van der Waals surface area contributed by atoms with Gasteiger partial charge in [-0.25, -0.2) is 0 Å². The molecule has 1 aliphatic heterocycles. The zero-order valence-corrected chi connectivity index (χ0v) is 13.2. The zero-order valence-electron chi connectivity index (χ0n) is 11.7. The first-order valence-electron chi connectivity index (χ1n) is 6.92. The molecule has 0 amide bonds. The van der Waals surface area contributed by atoms with Gasteiger partial charge >= 0.3 is 0 Å².